The molecule has 2 N–H and O–H groups in total. The molecule has 0 fully saturated rings. The van der Waals surface area contributed by atoms with E-state index in [1.165, 1.54) is 7.11 Å². The molecule has 1 aromatic heterocycles. The van der Waals surface area contributed by atoms with Crippen LogP contribution in [0, 0.1) is 0 Å². The van der Waals surface area contributed by atoms with Gasteiger partial charge in [-0.3, -0.25) is 9.59 Å². The molecular weight excluding hydrogens is 325 g/mol. The predicted molar refractivity (Wildman–Crippen MR) is 72.2 cm³/mol. The Labute approximate surface area is 129 Å². The lowest BCUT2D eigenvalue weighted by Crippen LogP contribution is -2.41. The number of hydrogen-bond donors (Lipinski definition) is 2. The van der Waals surface area contributed by atoms with Crippen molar-refractivity contribution >= 4 is 41.0 Å². The largest absolute Gasteiger partial charge is 0.480 e. The van der Waals surface area contributed by atoms with Gasteiger partial charge in [0.2, 0.25) is 0 Å². The first-order valence-electron chi connectivity index (χ1n) is 5.64. The Morgan fingerprint density at radius 1 is 1.38 bits per heavy atom. The highest BCUT2D eigenvalue weighted by Crippen LogP contribution is 2.15. The molecule has 0 aliphatic rings. The Balaban J connectivity index is 2.79. The Kier molecular flexibility index (Phi) is 6.32. The van der Waals surface area contributed by atoms with Crippen LogP contribution in [0.3, 0.4) is 0 Å². The Bertz CT molecular complexity index is 567. The van der Waals surface area contributed by atoms with Gasteiger partial charge in [-0.1, -0.05) is 23.2 Å². The van der Waals surface area contributed by atoms with Gasteiger partial charge in [-0.05, 0) is 12.5 Å². The number of nitrogens with one attached hydrogen (secondary N) is 1. The number of esters is 1. The number of carboxylic acids is 1. The number of carboxylic acid groups (broad SMARTS) is 1. The van der Waals surface area contributed by atoms with E-state index < -0.39 is 23.9 Å². The van der Waals surface area contributed by atoms with Crippen LogP contribution in [0.4, 0.5) is 0 Å². The summed E-state index contributed by atoms with van der Waals surface area (Å²) in [5, 5.41) is 17.8. The monoisotopic (exact) mass is 335 g/mol. The first-order valence-corrected chi connectivity index (χ1v) is 6.40. The molecule has 21 heavy (non-hydrogen) atoms. The average molecular weight is 336 g/mol. The number of nitrogens with zero attached hydrogens (tertiary/aromatic N) is 2. The van der Waals surface area contributed by atoms with Crippen molar-refractivity contribution in [3.63, 3.8) is 0 Å². The molecule has 10 heteroatoms. The van der Waals surface area contributed by atoms with Gasteiger partial charge in [0.25, 0.3) is 5.91 Å². The summed E-state index contributed by atoms with van der Waals surface area (Å²) in [7, 11) is 1.18. The van der Waals surface area contributed by atoms with E-state index in [4.69, 9.17) is 28.3 Å². The lowest BCUT2D eigenvalue weighted by Gasteiger charge is -2.14. The average Bonchev–Trinajstić information content (AvgIpc) is 2.44. The number of hydrogen-bond acceptors (Lipinski definition) is 6. The Morgan fingerprint density at radius 2 is 2.05 bits per heavy atom. The molecule has 1 atom stereocenters. The minimum absolute atomic E-state index is 0.0639. The van der Waals surface area contributed by atoms with Gasteiger partial charge in [0.1, 0.15) is 6.04 Å². The fraction of sp³-hybridized carbons (Fsp3) is 0.364. The zero-order valence-electron chi connectivity index (χ0n) is 10.8. The molecule has 114 valence electrons. The van der Waals surface area contributed by atoms with E-state index in [0.29, 0.717) is 0 Å². The van der Waals surface area contributed by atoms with Gasteiger partial charge < -0.3 is 15.2 Å². The van der Waals surface area contributed by atoms with Crippen molar-refractivity contribution in [1.82, 2.24) is 15.5 Å². The van der Waals surface area contributed by atoms with E-state index in [1.807, 2.05) is 0 Å². The Hall–Kier alpha value is -1.93. The SMILES string of the molecule is COC(=O)CCC(NC(=O)c1cc(Cl)nnc1Cl)C(=O)O. The second kappa shape index (κ2) is 7.75. The van der Waals surface area contributed by atoms with Crippen molar-refractivity contribution in [1.29, 1.82) is 0 Å². The summed E-state index contributed by atoms with van der Waals surface area (Å²) >= 11 is 11.3. The maximum atomic E-state index is 11.9. The Morgan fingerprint density at radius 3 is 2.62 bits per heavy atom. The van der Waals surface area contributed by atoms with E-state index >= 15 is 0 Å². The van der Waals surface area contributed by atoms with Gasteiger partial charge in [-0.2, -0.15) is 0 Å². The number of methoxy groups -OCH3 is 1. The van der Waals surface area contributed by atoms with Crippen LogP contribution in [0.15, 0.2) is 6.07 Å². The van der Waals surface area contributed by atoms with Crippen LogP contribution in [0.5, 0.6) is 0 Å². The summed E-state index contributed by atoms with van der Waals surface area (Å²) in [6.07, 6.45) is -0.283. The van der Waals surface area contributed by atoms with Gasteiger partial charge in [-0.25, -0.2) is 4.79 Å². The van der Waals surface area contributed by atoms with Crippen LogP contribution in [-0.2, 0) is 14.3 Å². The fourth-order valence-corrected chi connectivity index (χ4v) is 1.69. The van der Waals surface area contributed by atoms with Crippen molar-refractivity contribution in [3.8, 4) is 0 Å². The lowest BCUT2D eigenvalue weighted by atomic mass is 10.1. The number of ether oxygens (including phenoxy) is 1. The molecule has 1 rings (SSSR count). The van der Waals surface area contributed by atoms with Crippen LogP contribution in [0.25, 0.3) is 0 Å². The van der Waals surface area contributed by atoms with Gasteiger partial charge in [-0.15, -0.1) is 10.2 Å². The number of aliphatic carboxylic acids is 1. The smallest absolute Gasteiger partial charge is 0.326 e. The number of carbonyl (C=O) groups excluding carboxylic acids is 2. The molecule has 0 saturated carbocycles. The van der Waals surface area contributed by atoms with E-state index in [0.717, 1.165) is 6.07 Å². The molecule has 1 aromatic rings. The lowest BCUT2D eigenvalue weighted by molar-refractivity contribution is -0.142. The molecule has 0 radical (unpaired) electrons. The number of aromatic nitrogens is 2. The summed E-state index contributed by atoms with van der Waals surface area (Å²) in [5.41, 5.74) is -0.110. The van der Waals surface area contributed by atoms with Gasteiger partial charge in [0, 0.05) is 6.42 Å². The van der Waals surface area contributed by atoms with E-state index in [-0.39, 0.29) is 28.7 Å². The first-order chi connectivity index (χ1) is 9.85. The fourth-order valence-electron chi connectivity index (χ4n) is 1.37. The van der Waals surface area contributed by atoms with Crippen molar-refractivity contribution < 1.29 is 24.2 Å². The molecular formula is C11H11Cl2N3O5. The molecule has 1 amide bonds. The summed E-state index contributed by atoms with van der Waals surface area (Å²) in [5.74, 6) is -2.66. The molecule has 0 aromatic carbocycles. The summed E-state index contributed by atoms with van der Waals surface area (Å²) in [6.45, 7) is 0. The summed E-state index contributed by atoms with van der Waals surface area (Å²) in [4.78, 5) is 34.0. The van der Waals surface area contributed by atoms with Gasteiger partial charge >= 0.3 is 11.9 Å². The van der Waals surface area contributed by atoms with Crippen molar-refractivity contribution in [2.45, 2.75) is 18.9 Å². The second-order valence-corrected chi connectivity index (χ2v) is 4.60. The van der Waals surface area contributed by atoms with E-state index in [1.54, 1.807) is 0 Å². The standard InChI is InChI=1S/C11H11Cl2N3O5/c1-21-8(17)3-2-6(11(19)20)14-10(18)5-4-7(12)15-16-9(5)13/h4,6H,2-3H2,1H3,(H,14,18)(H,19,20). The summed E-state index contributed by atoms with van der Waals surface area (Å²) in [6, 6.07) is -0.120. The van der Waals surface area contributed by atoms with Gasteiger partial charge in [0.15, 0.2) is 10.3 Å². The zero-order chi connectivity index (χ0) is 16.0. The third-order valence-corrected chi connectivity index (χ3v) is 2.90. The molecule has 0 spiro atoms. The second-order valence-electron chi connectivity index (χ2n) is 3.85. The molecule has 8 nitrogen and oxygen atoms in total. The third kappa shape index (κ3) is 5.16. The zero-order valence-corrected chi connectivity index (χ0v) is 12.3. The van der Waals surface area contributed by atoms with Crippen LogP contribution < -0.4 is 5.32 Å². The van der Waals surface area contributed by atoms with Gasteiger partial charge in [0.05, 0.1) is 12.7 Å². The maximum Gasteiger partial charge on any atom is 0.326 e. The minimum Gasteiger partial charge on any atom is -0.480 e. The highest BCUT2D eigenvalue weighted by molar-refractivity contribution is 6.34. The highest BCUT2D eigenvalue weighted by Gasteiger charge is 2.23. The first kappa shape index (κ1) is 17.1. The van der Waals surface area contributed by atoms with Crippen molar-refractivity contribution in [3.05, 3.63) is 21.9 Å². The third-order valence-electron chi connectivity index (χ3n) is 2.43. The van der Waals surface area contributed by atoms with Crippen LogP contribution >= 0.6 is 23.2 Å². The number of halogens is 2. The minimum atomic E-state index is -1.29. The van der Waals surface area contributed by atoms with E-state index in [9.17, 15) is 14.4 Å². The van der Waals surface area contributed by atoms with Crippen LogP contribution in [-0.4, -0.2) is 46.3 Å². The molecule has 0 aliphatic carbocycles. The van der Waals surface area contributed by atoms with Crippen LogP contribution in [0.2, 0.25) is 10.3 Å². The summed E-state index contributed by atoms with van der Waals surface area (Å²) < 4.78 is 4.40. The maximum absolute atomic E-state index is 11.9. The predicted octanol–water partition coefficient (Wildman–Crippen LogP) is 0.920. The molecule has 0 aliphatic heterocycles. The normalized spacial score (nSPS) is 11.6. The molecule has 0 saturated heterocycles. The number of carbonyl (C=O) groups is 3. The molecule has 0 bridgehead atoms. The number of amides is 1. The molecule has 1 heterocycles. The molecule has 1 unspecified atom stereocenters. The number of rotatable bonds is 6. The highest BCUT2D eigenvalue weighted by atomic mass is 35.5. The van der Waals surface area contributed by atoms with Crippen molar-refractivity contribution in [2.24, 2.45) is 0 Å². The quantitative estimate of drug-likeness (QED) is 0.742. The van der Waals surface area contributed by atoms with Crippen molar-refractivity contribution in [2.75, 3.05) is 7.11 Å². The van der Waals surface area contributed by atoms with E-state index in [2.05, 4.69) is 20.3 Å². The topological polar surface area (TPSA) is 118 Å². The van der Waals surface area contributed by atoms with Crippen LogP contribution in [0.1, 0.15) is 23.2 Å².